The summed E-state index contributed by atoms with van der Waals surface area (Å²) in [5, 5.41) is 8.11. The molecule has 31 heavy (non-hydrogen) atoms. The first-order valence-electron chi connectivity index (χ1n) is 9.89. The van der Waals surface area contributed by atoms with Crippen molar-refractivity contribution in [3.8, 4) is 0 Å². The number of hydrogen-bond acceptors (Lipinski definition) is 6. The Hall–Kier alpha value is -2.88. The van der Waals surface area contributed by atoms with Crippen molar-refractivity contribution in [2.45, 2.75) is 36.0 Å². The van der Waals surface area contributed by atoms with Crippen molar-refractivity contribution in [1.82, 2.24) is 10.3 Å². The highest BCUT2D eigenvalue weighted by molar-refractivity contribution is 7.98. The fourth-order valence-electron chi connectivity index (χ4n) is 3.43. The van der Waals surface area contributed by atoms with E-state index in [4.69, 9.17) is 5.73 Å². The number of thioether (sulfide) groups is 1. The molecule has 0 bridgehead atoms. The van der Waals surface area contributed by atoms with Crippen LogP contribution in [-0.4, -0.2) is 36.0 Å². The minimum absolute atomic E-state index is 0.000607. The van der Waals surface area contributed by atoms with Gasteiger partial charge in [-0.1, -0.05) is 6.07 Å². The molecule has 1 aromatic heterocycles. The summed E-state index contributed by atoms with van der Waals surface area (Å²) in [7, 11) is 1.47. The SMILES string of the molecule is CNC(=O)c1c(Nc2ccc(C3CC3)cc2SC)cc(NC(=O)C2CC2(F)F)nc1N. The first kappa shape index (κ1) is 21.4. The maximum atomic E-state index is 13.2. The number of anilines is 4. The van der Waals surface area contributed by atoms with E-state index in [1.54, 1.807) is 11.8 Å². The summed E-state index contributed by atoms with van der Waals surface area (Å²) in [5.41, 5.74) is 8.46. The predicted octanol–water partition coefficient (Wildman–Crippen LogP) is 3.96. The average molecular weight is 448 g/mol. The number of carbonyl (C=O) groups excluding carboxylic acids is 2. The third kappa shape index (κ3) is 4.43. The van der Waals surface area contributed by atoms with Gasteiger partial charge in [-0.05, 0) is 42.7 Å². The molecule has 2 aliphatic carbocycles. The zero-order valence-corrected chi connectivity index (χ0v) is 17.9. The molecule has 0 radical (unpaired) electrons. The number of halogens is 2. The van der Waals surface area contributed by atoms with E-state index in [-0.39, 0.29) is 17.2 Å². The number of aromatic nitrogens is 1. The monoisotopic (exact) mass is 447 g/mol. The fraction of sp³-hybridized carbons (Fsp3) is 0.381. The second-order valence-corrected chi connectivity index (χ2v) is 8.61. The van der Waals surface area contributed by atoms with Crippen LogP contribution in [0, 0.1) is 5.92 Å². The number of hydrogen-bond donors (Lipinski definition) is 4. The molecule has 0 saturated heterocycles. The first-order valence-corrected chi connectivity index (χ1v) is 11.1. The topological polar surface area (TPSA) is 109 Å². The average Bonchev–Trinajstić information content (AvgIpc) is 3.64. The van der Waals surface area contributed by atoms with Crippen LogP contribution in [0.2, 0.25) is 0 Å². The molecule has 164 valence electrons. The van der Waals surface area contributed by atoms with Crippen LogP contribution in [0.25, 0.3) is 0 Å². The lowest BCUT2D eigenvalue weighted by Gasteiger charge is -2.17. The summed E-state index contributed by atoms with van der Waals surface area (Å²) in [6.45, 7) is 0. The Morgan fingerprint density at radius 1 is 1.23 bits per heavy atom. The van der Waals surface area contributed by atoms with E-state index in [1.807, 2.05) is 18.4 Å². The molecule has 1 heterocycles. The number of amides is 2. The molecule has 7 nitrogen and oxygen atoms in total. The summed E-state index contributed by atoms with van der Waals surface area (Å²) >= 11 is 1.56. The maximum Gasteiger partial charge on any atom is 0.260 e. The smallest absolute Gasteiger partial charge is 0.260 e. The van der Waals surface area contributed by atoms with Crippen molar-refractivity contribution in [1.29, 1.82) is 0 Å². The van der Waals surface area contributed by atoms with E-state index >= 15 is 0 Å². The van der Waals surface area contributed by atoms with Gasteiger partial charge in [-0.15, -0.1) is 11.8 Å². The molecule has 2 aliphatic rings. The van der Waals surface area contributed by atoms with Gasteiger partial charge >= 0.3 is 0 Å². The van der Waals surface area contributed by atoms with Gasteiger partial charge in [0.2, 0.25) is 5.91 Å². The highest BCUT2D eigenvalue weighted by Crippen LogP contribution is 2.49. The van der Waals surface area contributed by atoms with E-state index in [2.05, 4.69) is 27.0 Å². The van der Waals surface area contributed by atoms with Gasteiger partial charge in [-0.25, -0.2) is 13.8 Å². The van der Waals surface area contributed by atoms with Gasteiger partial charge in [0.25, 0.3) is 11.8 Å². The highest BCUT2D eigenvalue weighted by Gasteiger charge is 2.61. The Morgan fingerprint density at radius 3 is 2.52 bits per heavy atom. The lowest BCUT2D eigenvalue weighted by molar-refractivity contribution is -0.119. The minimum atomic E-state index is -2.99. The van der Waals surface area contributed by atoms with Crippen molar-refractivity contribution >= 4 is 46.6 Å². The van der Waals surface area contributed by atoms with Crippen LogP contribution in [0.5, 0.6) is 0 Å². The number of pyridine rings is 1. The van der Waals surface area contributed by atoms with Gasteiger partial charge < -0.3 is 21.7 Å². The Bertz CT molecular complexity index is 1060. The fourth-order valence-corrected chi connectivity index (χ4v) is 4.02. The molecule has 10 heteroatoms. The number of benzene rings is 1. The van der Waals surface area contributed by atoms with Gasteiger partial charge in [0, 0.05) is 24.4 Å². The Morgan fingerprint density at radius 2 is 1.94 bits per heavy atom. The van der Waals surface area contributed by atoms with Crippen molar-refractivity contribution in [3.05, 3.63) is 35.4 Å². The molecule has 0 aliphatic heterocycles. The minimum Gasteiger partial charge on any atom is -0.383 e. The molecule has 5 N–H and O–H groups in total. The Balaban J connectivity index is 1.66. The molecular weight excluding hydrogens is 424 g/mol. The van der Waals surface area contributed by atoms with Gasteiger partial charge in [0.1, 0.15) is 23.1 Å². The molecule has 2 fully saturated rings. The third-order valence-electron chi connectivity index (χ3n) is 5.44. The molecule has 2 saturated carbocycles. The van der Waals surface area contributed by atoms with E-state index in [0.29, 0.717) is 11.6 Å². The van der Waals surface area contributed by atoms with Crippen LogP contribution in [0.1, 0.15) is 41.1 Å². The zero-order valence-electron chi connectivity index (χ0n) is 17.1. The zero-order chi connectivity index (χ0) is 22.3. The normalized spacial score (nSPS) is 18.9. The molecule has 2 amide bonds. The van der Waals surface area contributed by atoms with E-state index in [9.17, 15) is 18.4 Å². The lowest BCUT2D eigenvalue weighted by atomic mass is 10.1. The standard InChI is InChI=1S/C21H23F2N5O2S/c1-25-20(30)17-14(26-13-6-5-11(10-3-4-10)7-15(13)31-2)8-16(27-18(17)24)28-19(29)12-9-21(12,22)23/h5-8,10,12H,3-4,9H2,1-2H3,(H,25,30)(H4,24,26,27,28,29). The largest absolute Gasteiger partial charge is 0.383 e. The van der Waals surface area contributed by atoms with Crippen LogP contribution < -0.4 is 21.7 Å². The predicted molar refractivity (Wildman–Crippen MR) is 117 cm³/mol. The molecule has 2 aromatic rings. The summed E-state index contributed by atoms with van der Waals surface area (Å²) < 4.78 is 26.4. The van der Waals surface area contributed by atoms with E-state index in [0.717, 1.165) is 10.6 Å². The molecule has 4 rings (SSSR count). The quantitative estimate of drug-likeness (QED) is 0.479. The maximum absolute atomic E-state index is 13.2. The number of carbonyl (C=O) groups is 2. The Labute approximate surface area is 182 Å². The number of rotatable bonds is 7. The van der Waals surface area contributed by atoms with Crippen molar-refractivity contribution in [2.75, 3.05) is 29.7 Å². The second kappa shape index (κ2) is 7.99. The number of alkyl halides is 2. The van der Waals surface area contributed by atoms with Crippen molar-refractivity contribution < 1.29 is 18.4 Å². The highest BCUT2D eigenvalue weighted by atomic mass is 32.2. The number of nitrogens with one attached hydrogen (secondary N) is 3. The first-order chi connectivity index (χ1) is 14.7. The molecule has 1 unspecified atom stereocenters. The van der Waals surface area contributed by atoms with Gasteiger partial charge in [0.05, 0.1) is 11.4 Å². The van der Waals surface area contributed by atoms with Crippen molar-refractivity contribution in [3.63, 3.8) is 0 Å². The number of nitrogens with two attached hydrogens (primary N) is 1. The molecule has 0 spiro atoms. The number of nitrogen functional groups attached to an aromatic ring is 1. The second-order valence-electron chi connectivity index (χ2n) is 7.76. The van der Waals surface area contributed by atoms with Gasteiger partial charge in [0.15, 0.2) is 0 Å². The van der Waals surface area contributed by atoms with Crippen molar-refractivity contribution in [2.24, 2.45) is 5.92 Å². The summed E-state index contributed by atoms with van der Waals surface area (Å²) in [5.74, 6) is -5.17. The summed E-state index contributed by atoms with van der Waals surface area (Å²) in [4.78, 5) is 29.5. The van der Waals surface area contributed by atoms with Crippen LogP contribution in [0.3, 0.4) is 0 Å². The van der Waals surface area contributed by atoms with Crippen LogP contribution in [0.4, 0.5) is 31.8 Å². The van der Waals surface area contributed by atoms with Crippen LogP contribution >= 0.6 is 11.8 Å². The van der Waals surface area contributed by atoms with Crippen LogP contribution in [-0.2, 0) is 4.79 Å². The third-order valence-corrected chi connectivity index (χ3v) is 6.22. The van der Waals surface area contributed by atoms with E-state index in [1.165, 1.54) is 31.5 Å². The summed E-state index contributed by atoms with van der Waals surface area (Å²) in [6, 6.07) is 7.53. The van der Waals surface area contributed by atoms with E-state index < -0.39 is 30.1 Å². The van der Waals surface area contributed by atoms with Crippen LogP contribution in [0.15, 0.2) is 29.2 Å². The molecule has 1 atom stereocenters. The Kier molecular flexibility index (Phi) is 5.50. The van der Waals surface area contributed by atoms with Gasteiger partial charge in [-0.3, -0.25) is 9.59 Å². The lowest BCUT2D eigenvalue weighted by Crippen LogP contribution is -2.23. The molecular formula is C21H23F2N5O2S. The number of nitrogens with zero attached hydrogens (tertiary/aromatic N) is 1. The summed E-state index contributed by atoms with van der Waals surface area (Å²) in [6.07, 6.45) is 3.84. The molecule has 1 aromatic carbocycles. The van der Waals surface area contributed by atoms with Gasteiger partial charge in [-0.2, -0.15) is 0 Å².